The van der Waals surface area contributed by atoms with Crippen molar-refractivity contribution in [2.24, 2.45) is 0 Å². The topological polar surface area (TPSA) is 38.9 Å². The van der Waals surface area contributed by atoms with E-state index in [1.165, 1.54) is 0 Å². The highest BCUT2D eigenvalue weighted by atomic mass is 19.4. The molecule has 80 valence electrons. The number of alkyl halides is 3. The molecule has 0 saturated heterocycles. The number of nitrogens with zero attached hydrogens (tertiary/aromatic N) is 2. The quantitative estimate of drug-likeness (QED) is 0.766. The van der Waals surface area contributed by atoms with Crippen molar-refractivity contribution >= 4 is 0 Å². The summed E-state index contributed by atoms with van der Waals surface area (Å²) in [7, 11) is 0. The second-order valence-corrected chi connectivity index (χ2v) is 3.15. The van der Waals surface area contributed by atoms with Gasteiger partial charge >= 0.3 is 12.1 Å². The van der Waals surface area contributed by atoms with E-state index in [0.717, 1.165) is 12.8 Å². The third-order valence-corrected chi connectivity index (χ3v) is 1.85. The van der Waals surface area contributed by atoms with E-state index in [9.17, 15) is 13.2 Å². The SMILES string of the molecule is CCCC(C)c1noc(C(F)(F)F)n1. The minimum atomic E-state index is -4.54. The standard InChI is InChI=1S/C8H11F3N2O/c1-3-4-5(2)6-12-7(14-13-6)8(9,10)11/h5H,3-4H2,1-2H3. The molecule has 0 radical (unpaired) electrons. The summed E-state index contributed by atoms with van der Waals surface area (Å²) in [4.78, 5) is 3.30. The highest BCUT2D eigenvalue weighted by Crippen LogP contribution is 2.29. The first-order valence-electron chi connectivity index (χ1n) is 4.36. The van der Waals surface area contributed by atoms with Gasteiger partial charge in [0.05, 0.1) is 0 Å². The Hall–Kier alpha value is -1.07. The molecule has 1 rings (SSSR count). The molecule has 6 heteroatoms. The molecule has 1 unspecified atom stereocenters. The van der Waals surface area contributed by atoms with Crippen LogP contribution in [0.15, 0.2) is 4.52 Å². The Balaban J connectivity index is 2.78. The first-order chi connectivity index (χ1) is 6.45. The van der Waals surface area contributed by atoms with Gasteiger partial charge in [0, 0.05) is 5.92 Å². The Morgan fingerprint density at radius 3 is 2.50 bits per heavy atom. The zero-order chi connectivity index (χ0) is 10.8. The third-order valence-electron chi connectivity index (χ3n) is 1.85. The Kier molecular flexibility index (Phi) is 3.13. The number of halogens is 3. The van der Waals surface area contributed by atoms with E-state index < -0.39 is 12.1 Å². The number of hydrogen-bond acceptors (Lipinski definition) is 3. The lowest BCUT2D eigenvalue weighted by atomic mass is 10.1. The zero-order valence-electron chi connectivity index (χ0n) is 7.93. The summed E-state index contributed by atoms with van der Waals surface area (Å²) in [6.45, 7) is 3.72. The van der Waals surface area contributed by atoms with Crippen LogP contribution in [0.5, 0.6) is 0 Å². The van der Waals surface area contributed by atoms with Gasteiger partial charge in [-0.3, -0.25) is 0 Å². The zero-order valence-corrected chi connectivity index (χ0v) is 7.93. The van der Waals surface area contributed by atoms with Gasteiger partial charge in [0.2, 0.25) is 0 Å². The van der Waals surface area contributed by atoms with Gasteiger partial charge in [-0.2, -0.15) is 18.2 Å². The molecule has 1 aromatic rings. The van der Waals surface area contributed by atoms with Gasteiger partial charge in [-0.05, 0) is 6.42 Å². The average molecular weight is 208 g/mol. The van der Waals surface area contributed by atoms with Gasteiger partial charge in [0.15, 0.2) is 5.82 Å². The van der Waals surface area contributed by atoms with Crippen molar-refractivity contribution in [2.45, 2.75) is 38.8 Å². The molecule has 0 saturated carbocycles. The normalized spacial score (nSPS) is 14.4. The Morgan fingerprint density at radius 1 is 1.43 bits per heavy atom. The second kappa shape index (κ2) is 3.98. The molecule has 0 bridgehead atoms. The van der Waals surface area contributed by atoms with E-state index in [1.807, 2.05) is 6.92 Å². The number of rotatable bonds is 3. The molecular weight excluding hydrogens is 197 g/mol. The Labute approximate surface area is 79.3 Å². The summed E-state index contributed by atoms with van der Waals surface area (Å²) in [5.74, 6) is -1.24. The molecule has 1 atom stereocenters. The van der Waals surface area contributed by atoms with Crippen molar-refractivity contribution in [1.82, 2.24) is 10.1 Å². The second-order valence-electron chi connectivity index (χ2n) is 3.15. The van der Waals surface area contributed by atoms with Crippen LogP contribution in [0.25, 0.3) is 0 Å². The summed E-state index contributed by atoms with van der Waals surface area (Å²) < 4.78 is 40.3. The molecule has 0 fully saturated rings. The molecule has 0 N–H and O–H groups in total. The fraction of sp³-hybridized carbons (Fsp3) is 0.750. The maximum Gasteiger partial charge on any atom is 0.471 e. The van der Waals surface area contributed by atoms with E-state index in [0.29, 0.717) is 0 Å². The predicted molar refractivity (Wildman–Crippen MR) is 42.6 cm³/mol. The van der Waals surface area contributed by atoms with Gasteiger partial charge in [-0.25, -0.2) is 0 Å². The van der Waals surface area contributed by atoms with Crippen LogP contribution in [-0.2, 0) is 6.18 Å². The maximum absolute atomic E-state index is 12.1. The Morgan fingerprint density at radius 2 is 2.07 bits per heavy atom. The first kappa shape index (κ1) is 11.0. The smallest absolute Gasteiger partial charge is 0.329 e. The monoisotopic (exact) mass is 208 g/mol. The molecule has 0 amide bonds. The summed E-state index contributed by atoms with van der Waals surface area (Å²) in [6, 6.07) is 0. The predicted octanol–water partition coefficient (Wildman–Crippen LogP) is 2.99. The van der Waals surface area contributed by atoms with Crippen LogP contribution in [0.2, 0.25) is 0 Å². The molecule has 0 spiro atoms. The van der Waals surface area contributed by atoms with Crippen LogP contribution in [-0.4, -0.2) is 10.1 Å². The maximum atomic E-state index is 12.1. The molecule has 0 aliphatic rings. The Bertz CT molecular complexity index is 295. The first-order valence-corrected chi connectivity index (χ1v) is 4.36. The molecule has 1 aromatic heterocycles. The molecule has 0 aromatic carbocycles. The lowest BCUT2D eigenvalue weighted by Gasteiger charge is -2.02. The average Bonchev–Trinajstić information content (AvgIpc) is 2.51. The third kappa shape index (κ3) is 2.46. The summed E-state index contributed by atoms with van der Waals surface area (Å²) in [6.07, 6.45) is -2.93. The summed E-state index contributed by atoms with van der Waals surface area (Å²) in [5.41, 5.74) is 0. The lowest BCUT2D eigenvalue weighted by Crippen LogP contribution is -2.05. The summed E-state index contributed by atoms with van der Waals surface area (Å²) >= 11 is 0. The summed E-state index contributed by atoms with van der Waals surface area (Å²) in [5, 5.41) is 3.30. The molecule has 3 nitrogen and oxygen atoms in total. The van der Waals surface area contributed by atoms with Crippen LogP contribution in [0, 0.1) is 0 Å². The molecular formula is C8H11F3N2O. The molecule has 0 aliphatic carbocycles. The minimum absolute atomic E-state index is 0.0974. The van der Waals surface area contributed by atoms with E-state index >= 15 is 0 Å². The molecule has 1 heterocycles. The fourth-order valence-electron chi connectivity index (χ4n) is 1.11. The molecule has 14 heavy (non-hydrogen) atoms. The van der Waals surface area contributed by atoms with Gasteiger partial charge in [-0.15, -0.1) is 0 Å². The van der Waals surface area contributed by atoms with Gasteiger partial charge in [0.1, 0.15) is 0 Å². The minimum Gasteiger partial charge on any atom is -0.329 e. The van der Waals surface area contributed by atoms with Crippen LogP contribution >= 0.6 is 0 Å². The number of aromatic nitrogens is 2. The lowest BCUT2D eigenvalue weighted by molar-refractivity contribution is -0.159. The highest BCUT2D eigenvalue weighted by Gasteiger charge is 2.38. The largest absolute Gasteiger partial charge is 0.471 e. The van der Waals surface area contributed by atoms with Crippen LogP contribution in [0.3, 0.4) is 0 Å². The molecule has 0 aliphatic heterocycles. The van der Waals surface area contributed by atoms with Gasteiger partial charge in [0.25, 0.3) is 0 Å². The van der Waals surface area contributed by atoms with E-state index in [-0.39, 0.29) is 11.7 Å². The van der Waals surface area contributed by atoms with Gasteiger partial charge < -0.3 is 4.52 Å². The van der Waals surface area contributed by atoms with E-state index in [4.69, 9.17) is 0 Å². The van der Waals surface area contributed by atoms with Crippen molar-refractivity contribution in [2.75, 3.05) is 0 Å². The van der Waals surface area contributed by atoms with Crippen LogP contribution in [0.4, 0.5) is 13.2 Å². The van der Waals surface area contributed by atoms with Crippen molar-refractivity contribution in [3.05, 3.63) is 11.7 Å². The fourth-order valence-corrected chi connectivity index (χ4v) is 1.11. The van der Waals surface area contributed by atoms with E-state index in [1.54, 1.807) is 6.92 Å². The van der Waals surface area contributed by atoms with Crippen molar-refractivity contribution in [1.29, 1.82) is 0 Å². The van der Waals surface area contributed by atoms with Crippen LogP contribution < -0.4 is 0 Å². The highest BCUT2D eigenvalue weighted by molar-refractivity contribution is 4.95. The van der Waals surface area contributed by atoms with Gasteiger partial charge in [-0.1, -0.05) is 25.4 Å². The van der Waals surface area contributed by atoms with Crippen molar-refractivity contribution in [3.8, 4) is 0 Å². The van der Waals surface area contributed by atoms with Crippen LogP contribution in [0.1, 0.15) is 44.3 Å². The van der Waals surface area contributed by atoms with E-state index in [2.05, 4.69) is 14.7 Å². The van der Waals surface area contributed by atoms with Crippen molar-refractivity contribution in [3.63, 3.8) is 0 Å². The number of hydrogen-bond donors (Lipinski definition) is 0. The van der Waals surface area contributed by atoms with Crippen molar-refractivity contribution < 1.29 is 17.7 Å².